The number of carboxylic acid groups (broad SMARTS) is 2. The van der Waals surface area contributed by atoms with Gasteiger partial charge in [-0.2, -0.15) is 9.97 Å². The number of nitrogens with one attached hydrogen (secondary N) is 6. The lowest BCUT2D eigenvalue weighted by Crippen LogP contribution is -2.41. The van der Waals surface area contributed by atoms with Gasteiger partial charge in [0.2, 0.25) is 11.9 Å². The third-order valence-corrected chi connectivity index (χ3v) is 12.8. The zero-order chi connectivity index (χ0) is 63.7. The van der Waals surface area contributed by atoms with E-state index in [0.29, 0.717) is 33.9 Å². The summed E-state index contributed by atoms with van der Waals surface area (Å²) in [4.78, 5) is 155. The monoisotopic (exact) mass is 1210 g/mol. The van der Waals surface area contributed by atoms with E-state index < -0.39 is 89.7 Å². The number of benzene rings is 4. The Morgan fingerprint density at radius 2 is 0.944 bits per heavy atom. The third-order valence-electron chi connectivity index (χ3n) is 12.8. The largest absolute Gasteiger partial charge is 0.493 e. The molecule has 4 aromatic carbocycles. The molecule has 30 nitrogen and oxygen atoms in total. The van der Waals surface area contributed by atoms with Crippen LogP contribution >= 0.6 is 0 Å². The Morgan fingerprint density at radius 1 is 0.551 bits per heavy atom. The molecule has 0 spiro atoms. The van der Waals surface area contributed by atoms with Gasteiger partial charge in [0.25, 0.3) is 22.9 Å². The summed E-state index contributed by atoms with van der Waals surface area (Å²) in [6.45, 7) is 0.324. The molecule has 0 aliphatic carbocycles. The Balaban J connectivity index is 0.744. The van der Waals surface area contributed by atoms with Crippen LogP contribution in [0.1, 0.15) is 75.3 Å². The fourth-order valence-electron chi connectivity index (χ4n) is 8.26. The number of allylic oxidation sites excluding steroid dienone is 2. The van der Waals surface area contributed by atoms with Crippen LogP contribution in [0.25, 0.3) is 34.5 Å². The van der Waals surface area contributed by atoms with Gasteiger partial charge in [0, 0.05) is 35.3 Å². The van der Waals surface area contributed by atoms with Crippen LogP contribution < -0.4 is 62.8 Å². The number of esters is 2. The number of hydrogen-bond donors (Lipinski definition) is 10. The van der Waals surface area contributed by atoms with Crippen molar-refractivity contribution in [3.05, 3.63) is 164 Å². The second-order valence-corrected chi connectivity index (χ2v) is 19.2. The number of nitrogens with zero attached hydrogens (tertiary/aromatic N) is 6. The molecule has 4 heterocycles. The van der Waals surface area contributed by atoms with E-state index in [1.54, 1.807) is 24.3 Å². The van der Waals surface area contributed by atoms with E-state index in [1.165, 1.54) is 112 Å². The standard InChI is InChI=1S/C59H54N14O16/c1-86-44-23-30(5-19-42(44)88-46(76)21-17-40(56(82)83)68-52(78)32-7-11-34(12-8-32)62-26-36-28-64-50-48(66-36)54(80)72-58(60)70-50)3-15-38(74)25-39(75)16-4-31-6-20-43(45(24-31)87-2)89-47(77)22-18-41(57(84)85)69-53(79)33-9-13-35(14-10-33)63-27-37-29-65-51-49(67-37)55(81)73-59(61)71-51/h3-16,19-20,23-24,28-29,40-41,62-63H,17-18,21-22,25-27H2,1-2H3,(H,68,78)(H,69,79)(H,82,83)(H,84,85)(H3,60,64,70,72,80)(H3,61,65,71,73,81)/b15-3+,16-4+. The third kappa shape index (κ3) is 17.4. The van der Waals surface area contributed by atoms with E-state index in [-0.39, 0.29) is 94.3 Å². The van der Waals surface area contributed by atoms with E-state index in [4.69, 9.17) is 30.4 Å². The number of ether oxygens (including phenoxy) is 4. The van der Waals surface area contributed by atoms with Crippen LogP contribution in [-0.4, -0.2) is 124 Å². The van der Waals surface area contributed by atoms with Crippen molar-refractivity contribution in [2.75, 3.05) is 36.3 Å². The number of nitrogen functional groups attached to an aromatic ring is 2. The van der Waals surface area contributed by atoms with Crippen LogP contribution in [0.4, 0.5) is 23.3 Å². The van der Waals surface area contributed by atoms with Crippen molar-refractivity contribution in [1.82, 2.24) is 50.5 Å². The molecule has 4 aromatic heterocycles. The number of carboxylic acids is 2. The van der Waals surface area contributed by atoms with Crippen molar-refractivity contribution in [1.29, 1.82) is 0 Å². The van der Waals surface area contributed by atoms with Crippen LogP contribution in [-0.2, 0) is 41.9 Å². The maximum atomic E-state index is 13.0. The van der Waals surface area contributed by atoms with Crippen LogP contribution in [0.3, 0.4) is 0 Å². The number of amides is 2. The van der Waals surface area contributed by atoms with Gasteiger partial charge in [-0.15, -0.1) is 0 Å². The van der Waals surface area contributed by atoms with E-state index in [9.17, 15) is 58.2 Å². The minimum Gasteiger partial charge on any atom is -0.493 e. The average molecular weight is 1220 g/mol. The van der Waals surface area contributed by atoms with E-state index in [0.717, 1.165) is 0 Å². The number of methoxy groups -OCH3 is 2. The Morgan fingerprint density at radius 3 is 1.31 bits per heavy atom. The number of carbonyl (C=O) groups excluding carboxylic acids is 6. The van der Waals surface area contributed by atoms with Crippen molar-refractivity contribution < 1.29 is 67.5 Å². The summed E-state index contributed by atoms with van der Waals surface area (Å²) in [7, 11) is 2.62. The number of fused-ring (bicyclic) bond motifs is 2. The van der Waals surface area contributed by atoms with Gasteiger partial charge in [-0.25, -0.2) is 29.5 Å². The molecule has 89 heavy (non-hydrogen) atoms. The lowest BCUT2D eigenvalue weighted by molar-refractivity contribution is -0.141. The quantitative estimate of drug-likeness (QED) is 0.0145. The predicted molar refractivity (Wildman–Crippen MR) is 318 cm³/mol. The van der Waals surface area contributed by atoms with Gasteiger partial charge in [-0.3, -0.25) is 48.3 Å². The molecule has 0 radical (unpaired) electrons. The molecule has 2 amide bonds. The number of aromatic amines is 2. The van der Waals surface area contributed by atoms with Crippen LogP contribution in [0.5, 0.6) is 23.0 Å². The van der Waals surface area contributed by atoms with Gasteiger partial charge in [0.15, 0.2) is 56.9 Å². The molecule has 2 atom stereocenters. The Bertz CT molecular complexity index is 3960. The average Bonchev–Trinajstić information content (AvgIpc) is 3.63. The Hall–Kier alpha value is -12.2. The van der Waals surface area contributed by atoms with Crippen LogP contribution in [0.15, 0.2) is 119 Å². The van der Waals surface area contributed by atoms with Gasteiger partial charge in [0.05, 0.1) is 57.5 Å². The van der Waals surface area contributed by atoms with E-state index in [1.807, 2.05) is 0 Å². The highest BCUT2D eigenvalue weighted by Gasteiger charge is 2.25. The van der Waals surface area contributed by atoms with Crippen molar-refractivity contribution in [3.63, 3.8) is 0 Å². The lowest BCUT2D eigenvalue weighted by Gasteiger charge is -2.15. The van der Waals surface area contributed by atoms with Gasteiger partial charge < -0.3 is 61.9 Å². The van der Waals surface area contributed by atoms with Crippen molar-refractivity contribution in [3.8, 4) is 23.0 Å². The molecular weight excluding hydrogens is 1160 g/mol. The van der Waals surface area contributed by atoms with Crippen LogP contribution in [0, 0.1) is 0 Å². The molecule has 30 heteroatoms. The minimum absolute atomic E-state index is 0.0119. The predicted octanol–water partition coefficient (Wildman–Crippen LogP) is 3.54. The summed E-state index contributed by atoms with van der Waals surface area (Å²) >= 11 is 0. The second kappa shape index (κ2) is 29.0. The highest BCUT2D eigenvalue weighted by atomic mass is 16.6. The van der Waals surface area contributed by atoms with Crippen molar-refractivity contribution in [2.45, 2.75) is 57.3 Å². The molecule has 0 aliphatic rings. The molecule has 12 N–H and O–H groups in total. The number of hydrogen-bond acceptors (Lipinski definition) is 24. The Labute approximate surface area is 501 Å². The first-order chi connectivity index (χ1) is 42.7. The lowest BCUT2D eigenvalue weighted by atomic mass is 10.1. The second-order valence-electron chi connectivity index (χ2n) is 19.2. The van der Waals surface area contributed by atoms with Gasteiger partial charge in [-0.1, -0.05) is 24.3 Å². The Kier molecular flexibility index (Phi) is 20.5. The first-order valence-corrected chi connectivity index (χ1v) is 26.7. The van der Waals surface area contributed by atoms with Gasteiger partial charge in [-0.05, 0) is 109 Å². The summed E-state index contributed by atoms with van der Waals surface area (Å²) in [5.74, 6) is -7.00. The minimum atomic E-state index is -1.46. The highest BCUT2D eigenvalue weighted by Crippen LogP contribution is 2.31. The van der Waals surface area contributed by atoms with Gasteiger partial charge >= 0.3 is 23.9 Å². The zero-order valence-electron chi connectivity index (χ0n) is 47.1. The molecule has 0 saturated heterocycles. The molecule has 0 saturated carbocycles. The van der Waals surface area contributed by atoms with Crippen LogP contribution in [0.2, 0.25) is 0 Å². The molecule has 0 bridgehead atoms. The molecular formula is C59H54N14O16. The molecule has 456 valence electrons. The summed E-state index contributed by atoms with van der Waals surface area (Å²) < 4.78 is 21.6. The first-order valence-electron chi connectivity index (χ1n) is 26.7. The summed E-state index contributed by atoms with van der Waals surface area (Å²) in [6.07, 6.45) is 6.05. The maximum absolute atomic E-state index is 13.0. The van der Waals surface area contributed by atoms with Crippen molar-refractivity contribution >= 4 is 105 Å². The summed E-state index contributed by atoms with van der Waals surface area (Å²) in [6, 6.07) is 17.9. The van der Waals surface area contributed by atoms with E-state index in [2.05, 4.69) is 61.1 Å². The van der Waals surface area contributed by atoms with Crippen molar-refractivity contribution in [2.24, 2.45) is 0 Å². The molecule has 0 aliphatic heterocycles. The first kappa shape index (κ1) is 62.8. The number of carbonyl (C=O) groups is 8. The SMILES string of the molecule is COc1cc(/C=C/C(=O)CC(=O)/C=C/c2ccc(OC(=O)CCC(NC(=O)c3ccc(NCc4cnc5nc(N)[nH]c(=O)c5n4)cc3)C(=O)O)c(OC)c2)ccc1OC(=O)CCC(NC(=O)c1ccc(NCc2cnc3nc(N)[nH]c(=O)c3n2)cc1)C(=O)O. The number of nitrogens with two attached hydrogens (primary N) is 2. The smallest absolute Gasteiger partial charge is 0.326 e. The fraction of sp³-hybridized carbons (Fsp3) is 0.186. The number of H-pyrrole nitrogens is 2. The summed E-state index contributed by atoms with van der Waals surface area (Å²) in [5.41, 5.74) is 13.3. The van der Waals surface area contributed by atoms with E-state index >= 15 is 0 Å². The molecule has 2 unspecified atom stereocenters. The number of aliphatic carboxylic acids is 2. The zero-order valence-corrected chi connectivity index (χ0v) is 47.1. The molecule has 8 aromatic rings. The normalized spacial score (nSPS) is 11.8. The molecule has 8 rings (SSSR count). The number of rotatable bonds is 28. The number of anilines is 4. The topological polar surface area (TPSA) is 457 Å². The highest BCUT2D eigenvalue weighted by molar-refractivity contribution is 6.11. The molecule has 0 fully saturated rings. The maximum Gasteiger partial charge on any atom is 0.326 e. The fourth-order valence-corrected chi connectivity index (χ4v) is 8.26. The van der Waals surface area contributed by atoms with Gasteiger partial charge in [0.1, 0.15) is 12.1 Å². The summed E-state index contributed by atoms with van der Waals surface area (Å²) in [5, 5.41) is 30.7. The number of ketones is 2. The number of aromatic nitrogens is 8.